The molecule has 0 aliphatic heterocycles. The summed E-state index contributed by atoms with van der Waals surface area (Å²) in [6.45, 7) is 0. The van der Waals surface area contributed by atoms with Crippen LogP contribution in [-0.4, -0.2) is 0 Å². The Morgan fingerprint density at radius 1 is 0.129 bits per heavy atom. The first-order valence-electron chi connectivity index (χ1n) is 40.2. The molecule has 0 spiro atoms. The lowest BCUT2D eigenvalue weighted by molar-refractivity contribution is 1.29. The molecule has 0 aromatic heterocycles. The Labute approximate surface area is 671 Å². The van der Waals surface area contributed by atoms with Crippen LogP contribution in [-0.2, 0) is 0 Å². The topological polar surface area (TPSA) is 6.48 Å². The summed E-state index contributed by atoms with van der Waals surface area (Å²) in [6.07, 6.45) is 18.3. The molecule has 2 heteroatoms. The third-order valence-electron chi connectivity index (χ3n) is 24.4. The van der Waals surface area contributed by atoms with Gasteiger partial charge in [-0.1, -0.05) is 340 Å². The molecule has 538 valence electrons. The number of rotatable bonds is 14. The number of hydrogen-bond donors (Lipinski definition) is 0. The van der Waals surface area contributed by atoms with Gasteiger partial charge in [0.2, 0.25) is 0 Å². The fourth-order valence-corrected chi connectivity index (χ4v) is 19.0. The largest absolute Gasteiger partial charge is 0.310 e. The van der Waals surface area contributed by atoms with Crippen LogP contribution in [0.5, 0.6) is 0 Å². The van der Waals surface area contributed by atoms with E-state index in [9.17, 15) is 0 Å². The molecular formula is C114H72N2. The van der Waals surface area contributed by atoms with E-state index in [-0.39, 0.29) is 0 Å². The van der Waals surface area contributed by atoms with Crippen LogP contribution in [0.2, 0.25) is 0 Å². The lowest BCUT2D eigenvalue weighted by Crippen LogP contribution is -2.09. The van der Waals surface area contributed by atoms with Gasteiger partial charge in [0.25, 0.3) is 0 Å². The van der Waals surface area contributed by atoms with E-state index in [1.165, 1.54) is 173 Å². The summed E-state index contributed by atoms with van der Waals surface area (Å²) in [5.74, 6) is 0. The second-order valence-electron chi connectivity index (χ2n) is 31.0. The maximum absolute atomic E-state index is 2.45. The molecule has 0 heterocycles. The zero-order chi connectivity index (χ0) is 76.3. The van der Waals surface area contributed by atoms with Crippen LogP contribution < -0.4 is 9.80 Å². The zero-order valence-electron chi connectivity index (χ0n) is 63.5. The minimum atomic E-state index is 1.07. The molecular weight excluding hydrogens is 1400 g/mol. The molecule has 0 aliphatic carbocycles. The third-order valence-corrected chi connectivity index (χ3v) is 24.4. The summed E-state index contributed by atoms with van der Waals surface area (Å²) in [4.78, 5) is 4.87. The van der Waals surface area contributed by atoms with E-state index in [1.54, 1.807) is 0 Å². The van der Waals surface area contributed by atoms with Gasteiger partial charge < -0.3 is 9.80 Å². The van der Waals surface area contributed by atoms with Crippen molar-refractivity contribution in [3.05, 3.63) is 433 Å². The average molecular weight is 1470 g/mol. The highest BCUT2D eigenvalue weighted by Gasteiger charge is 2.25. The number of fused-ring (bicyclic) bond motifs is 16. The lowest BCUT2D eigenvalue weighted by atomic mass is 9.95. The highest BCUT2D eigenvalue weighted by Crippen LogP contribution is 2.53. The standard InChI is InChI=1S/C114H72N2/c1-9-27-91-77(19-1)67-78-20-2-10-28-92(78)99(91)61-47-73-39-51-85(52-40-73)115(86-53-41-74(42-54-86)48-62-100-93-29-11-3-21-79(93)68-80-22-4-12-30-94(80)100)89-59-65-105-109(71-89)103-35-17-37-107-111(103)113(105)108-38-18-36-104-110-72-90(60-66-106(110)114(107)112(104)108)116(87-55-43-75(44-56-87)49-63-101-95-31-13-5-23-81(95)69-82-24-6-14-32-96(82)101)88-57-45-76(46-58-88)50-64-102-97-33-15-7-25-83(97)70-84-26-8-16-34-98(84)102/h1-72H. The van der Waals surface area contributed by atoms with Crippen molar-refractivity contribution in [3.63, 3.8) is 0 Å². The second kappa shape index (κ2) is 27.3. The Kier molecular flexibility index (Phi) is 15.7. The van der Waals surface area contributed by atoms with Crippen LogP contribution in [0.3, 0.4) is 0 Å². The van der Waals surface area contributed by atoms with Gasteiger partial charge in [-0.2, -0.15) is 0 Å². The van der Waals surface area contributed by atoms with E-state index < -0.39 is 0 Å². The van der Waals surface area contributed by atoms with E-state index >= 15 is 0 Å². The molecule has 23 aromatic rings. The Bertz CT molecular complexity index is 7000. The van der Waals surface area contributed by atoms with Crippen molar-refractivity contribution in [2.45, 2.75) is 0 Å². The van der Waals surface area contributed by atoms with Gasteiger partial charge >= 0.3 is 0 Å². The van der Waals surface area contributed by atoms with Crippen molar-refractivity contribution in [2.75, 3.05) is 9.80 Å². The van der Waals surface area contributed by atoms with Gasteiger partial charge in [0.15, 0.2) is 0 Å². The van der Waals surface area contributed by atoms with Crippen molar-refractivity contribution in [2.24, 2.45) is 0 Å². The normalized spacial score (nSPS) is 12.3. The second-order valence-corrected chi connectivity index (χ2v) is 31.0. The number of anilines is 6. The summed E-state index contributed by atoms with van der Waals surface area (Å²) < 4.78 is 0. The molecule has 0 saturated carbocycles. The molecule has 0 atom stereocenters. The van der Waals surface area contributed by atoms with Crippen molar-refractivity contribution < 1.29 is 0 Å². The Morgan fingerprint density at radius 2 is 0.319 bits per heavy atom. The Hall–Kier alpha value is -15.2. The van der Waals surface area contributed by atoms with Gasteiger partial charge in [0, 0.05) is 34.1 Å². The summed E-state index contributed by atoms with van der Waals surface area (Å²) in [7, 11) is 0. The highest BCUT2D eigenvalue weighted by atomic mass is 15.1. The van der Waals surface area contributed by atoms with Gasteiger partial charge in [-0.25, -0.2) is 0 Å². The molecule has 0 bridgehead atoms. The van der Waals surface area contributed by atoms with Crippen molar-refractivity contribution in [3.8, 4) is 0 Å². The fourth-order valence-electron chi connectivity index (χ4n) is 19.0. The van der Waals surface area contributed by atoms with Crippen LogP contribution in [0.25, 0.3) is 199 Å². The molecule has 23 rings (SSSR count). The van der Waals surface area contributed by atoms with Crippen LogP contribution in [0.1, 0.15) is 44.5 Å². The van der Waals surface area contributed by atoms with Crippen LogP contribution in [0.15, 0.2) is 388 Å². The van der Waals surface area contributed by atoms with Gasteiger partial charge in [-0.3, -0.25) is 0 Å². The first-order valence-corrected chi connectivity index (χ1v) is 40.2. The molecule has 0 saturated heterocycles. The average Bonchev–Trinajstić information content (AvgIpc) is 1.52. The third kappa shape index (κ3) is 11.2. The lowest BCUT2D eigenvalue weighted by Gasteiger charge is -2.26. The minimum Gasteiger partial charge on any atom is -0.310 e. The Balaban J connectivity index is 0.636. The van der Waals surface area contributed by atoms with Crippen molar-refractivity contribution in [1.29, 1.82) is 0 Å². The van der Waals surface area contributed by atoms with E-state index in [1.807, 2.05) is 0 Å². The molecule has 0 radical (unpaired) electrons. The van der Waals surface area contributed by atoms with Crippen LogP contribution >= 0.6 is 0 Å². The first-order chi connectivity index (χ1) is 57.5. The minimum absolute atomic E-state index is 1.07. The molecule has 0 unspecified atom stereocenters. The highest BCUT2D eigenvalue weighted by molar-refractivity contribution is 6.48. The van der Waals surface area contributed by atoms with Gasteiger partial charge in [-0.15, -0.1) is 0 Å². The SMILES string of the molecule is C(=Cc1c2ccccc2cc2ccccc12)c1ccc(N(c2ccc(C=Cc3c4ccccc4cc4ccccc34)cc2)c2ccc3c(c2)c2cccc4c2c3c2cccc3c5cc(N(c6ccc(C=Cc7c8ccccc8cc8ccccc78)cc6)c6ccc(C=Cc7c8ccccc8cc8ccccc78)cc6)ccc5c4c32)cc1. The predicted octanol–water partition coefficient (Wildman–Crippen LogP) is 32.3. The molecule has 0 N–H and O–H groups in total. The van der Waals surface area contributed by atoms with Crippen LogP contribution in [0, 0.1) is 0 Å². The van der Waals surface area contributed by atoms with Gasteiger partial charge in [0.05, 0.1) is 0 Å². The summed E-state index contributed by atoms with van der Waals surface area (Å²) >= 11 is 0. The van der Waals surface area contributed by atoms with E-state index in [0.717, 1.165) is 56.4 Å². The molecule has 0 amide bonds. The number of nitrogens with zero attached hydrogens (tertiary/aromatic N) is 2. The van der Waals surface area contributed by atoms with E-state index in [4.69, 9.17) is 0 Å². The zero-order valence-corrected chi connectivity index (χ0v) is 63.5. The summed E-state index contributed by atoms with van der Waals surface area (Å²) in [5, 5.41) is 35.1. The van der Waals surface area contributed by atoms with E-state index in [2.05, 4.69) is 447 Å². The molecule has 2 nitrogen and oxygen atoms in total. The fraction of sp³-hybridized carbons (Fsp3) is 0. The summed E-state index contributed by atoms with van der Waals surface area (Å²) in [5.41, 5.74) is 15.9. The maximum Gasteiger partial charge on any atom is 0.0468 e. The van der Waals surface area contributed by atoms with Crippen molar-refractivity contribution in [1.82, 2.24) is 0 Å². The first kappa shape index (κ1) is 66.6. The Morgan fingerprint density at radius 3 is 0.552 bits per heavy atom. The molecule has 0 fully saturated rings. The molecule has 116 heavy (non-hydrogen) atoms. The quantitative estimate of drug-likeness (QED) is 0.0791. The smallest absolute Gasteiger partial charge is 0.0468 e. The monoisotopic (exact) mass is 1470 g/mol. The molecule has 23 aromatic carbocycles. The maximum atomic E-state index is 2.45. The number of benzene rings is 21. The van der Waals surface area contributed by atoms with Crippen molar-refractivity contribution >= 4 is 234 Å². The summed E-state index contributed by atoms with van der Waals surface area (Å²) in [6, 6.07) is 144. The van der Waals surface area contributed by atoms with Gasteiger partial charge in [0.1, 0.15) is 0 Å². The van der Waals surface area contributed by atoms with Gasteiger partial charge in [-0.05, 0) is 292 Å². The number of hydrogen-bond acceptors (Lipinski definition) is 2. The van der Waals surface area contributed by atoms with Crippen LogP contribution in [0.4, 0.5) is 34.1 Å². The van der Waals surface area contributed by atoms with E-state index in [0.29, 0.717) is 0 Å². The predicted molar refractivity (Wildman–Crippen MR) is 505 cm³/mol. The molecule has 0 aliphatic rings.